The Hall–Kier alpha value is -0.900. The maximum absolute atomic E-state index is 9.36. The Labute approximate surface area is 96.6 Å². The second-order valence-electron chi connectivity index (χ2n) is 4.52. The van der Waals surface area contributed by atoms with E-state index in [0.29, 0.717) is 12.5 Å². The highest BCUT2D eigenvalue weighted by molar-refractivity contribution is 5.19. The Morgan fingerprint density at radius 3 is 2.75 bits per heavy atom. The second kappa shape index (κ2) is 4.95. The van der Waals surface area contributed by atoms with Crippen LogP contribution in [0, 0.1) is 0 Å². The van der Waals surface area contributed by atoms with Crippen molar-refractivity contribution in [2.75, 3.05) is 7.05 Å². The summed E-state index contributed by atoms with van der Waals surface area (Å²) in [5.74, 6) is 0. The van der Waals surface area contributed by atoms with Gasteiger partial charge in [-0.3, -0.25) is 4.84 Å². The van der Waals surface area contributed by atoms with Gasteiger partial charge in [0.05, 0.1) is 18.2 Å². The maximum Gasteiger partial charge on any atom is 0.0837 e. The average Bonchev–Trinajstić information content (AvgIpc) is 2.60. The summed E-state index contributed by atoms with van der Waals surface area (Å²) in [6.07, 6.45) is 1.49. The van der Waals surface area contributed by atoms with Crippen LogP contribution in [0.1, 0.15) is 31.4 Å². The minimum Gasteiger partial charge on any atom is -0.393 e. The zero-order valence-corrected chi connectivity index (χ0v) is 9.84. The van der Waals surface area contributed by atoms with Gasteiger partial charge >= 0.3 is 0 Å². The number of nitrogens with zero attached hydrogens (tertiary/aromatic N) is 1. The summed E-state index contributed by atoms with van der Waals surface area (Å²) in [4.78, 5) is 5.71. The smallest absolute Gasteiger partial charge is 0.0837 e. The average molecular weight is 221 g/mol. The van der Waals surface area contributed by atoms with Gasteiger partial charge in [-0.25, -0.2) is 0 Å². The van der Waals surface area contributed by atoms with E-state index in [9.17, 15) is 5.11 Å². The highest BCUT2D eigenvalue weighted by atomic mass is 16.7. The first-order valence-corrected chi connectivity index (χ1v) is 5.79. The molecule has 0 amide bonds. The van der Waals surface area contributed by atoms with Crippen LogP contribution in [0.3, 0.4) is 0 Å². The third kappa shape index (κ3) is 2.61. The van der Waals surface area contributed by atoms with Gasteiger partial charge in [-0.05, 0) is 18.9 Å². The van der Waals surface area contributed by atoms with Crippen LogP contribution in [-0.2, 0) is 4.84 Å². The van der Waals surface area contributed by atoms with Crippen LogP contribution in [0.2, 0.25) is 0 Å². The van der Waals surface area contributed by atoms with Crippen molar-refractivity contribution in [1.82, 2.24) is 5.06 Å². The molecule has 1 saturated heterocycles. The summed E-state index contributed by atoms with van der Waals surface area (Å²) >= 11 is 0. The van der Waals surface area contributed by atoms with Crippen molar-refractivity contribution >= 4 is 0 Å². The van der Waals surface area contributed by atoms with Gasteiger partial charge in [0.2, 0.25) is 0 Å². The molecule has 1 aliphatic heterocycles. The molecule has 1 aromatic carbocycles. The molecule has 0 aliphatic carbocycles. The first-order chi connectivity index (χ1) is 7.66. The molecule has 3 nitrogen and oxygen atoms in total. The maximum atomic E-state index is 9.36. The Bertz CT molecular complexity index is 326. The molecular formula is C13H19NO2. The molecule has 88 valence electrons. The Balaban J connectivity index is 2.03. The first kappa shape index (κ1) is 11.6. The van der Waals surface area contributed by atoms with E-state index in [2.05, 4.69) is 12.1 Å². The number of hydroxylamine groups is 2. The van der Waals surface area contributed by atoms with E-state index in [-0.39, 0.29) is 12.2 Å². The van der Waals surface area contributed by atoms with Crippen LogP contribution in [0.25, 0.3) is 0 Å². The molecule has 0 aromatic heterocycles. The third-order valence-electron chi connectivity index (χ3n) is 3.03. The van der Waals surface area contributed by atoms with Crippen LogP contribution < -0.4 is 0 Å². The Morgan fingerprint density at radius 1 is 1.44 bits per heavy atom. The summed E-state index contributed by atoms with van der Waals surface area (Å²) in [5, 5.41) is 11.3. The van der Waals surface area contributed by atoms with Gasteiger partial charge < -0.3 is 5.11 Å². The van der Waals surface area contributed by atoms with Gasteiger partial charge in [-0.1, -0.05) is 30.3 Å². The molecule has 3 heteroatoms. The van der Waals surface area contributed by atoms with Crippen LogP contribution >= 0.6 is 0 Å². The zero-order chi connectivity index (χ0) is 11.5. The molecule has 0 saturated carbocycles. The number of hydrogen-bond donors (Lipinski definition) is 1. The number of rotatable bonds is 3. The summed E-state index contributed by atoms with van der Waals surface area (Å²) in [7, 11) is 1.96. The highest BCUT2D eigenvalue weighted by Crippen LogP contribution is 2.34. The fraction of sp³-hybridized carbons (Fsp3) is 0.538. The fourth-order valence-corrected chi connectivity index (χ4v) is 2.29. The van der Waals surface area contributed by atoms with Crippen molar-refractivity contribution in [2.24, 2.45) is 0 Å². The topological polar surface area (TPSA) is 32.7 Å². The molecule has 1 aliphatic rings. The summed E-state index contributed by atoms with van der Waals surface area (Å²) in [5.41, 5.74) is 1.28. The quantitative estimate of drug-likeness (QED) is 0.848. The standard InChI is InChI=1S/C13H19NO2/c1-10(15)8-12-9-13(14(2)16-12)11-6-4-3-5-7-11/h3-7,10,12-13,15H,8-9H2,1-2H3/t10?,12-,13+/m0/s1. The normalized spacial score (nSPS) is 28.2. The summed E-state index contributed by atoms with van der Waals surface area (Å²) < 4.78 is 0. The van der Waals surface area contributed by atoms with E-state index in [4.69, 9.17) is 4.84 Å². The van der Waals surface area contributed by atoms with E-state index in [1.54, 1.807) is 6.92 Å². The molecule has 1 heterocycles. The van der Waals surface area contributed by atoms with Gasteiger partial charge in [0.1, 0.15) is 0 Å². The number of hydrogen-bond acceptors (Lipinski definition) is 3. The number of aliphatic hydroxyl groups excluding tert-OH is 1. The lowest BCUT2D eigenvalue weighted by molar-refractivity contribution is -0.150. The Kier molecular flexibility index (Phi) is 3.59. The van der Waals surface area contributed by atoms with Crippen LogP contribution in [0.4, 0.5) is 0 Å². The molecular weight excluding hydrogens is 202 g/mol. The molecule has 1 unspecified atom stereocenters. The van der Waals surface area contributed by atoms with Crippen LogP contribution in [-0.4, -0.2) is 29.4 Å². The van der Waals surface area contributed by atoms with E-state index in [0.717, 1.165) is 6.42 Å². The minimum atomic E-state index is -0.298. The predicted molar refractivity (Wildman–Crippen MR) is 62.7 cm³/mol. The van der Waals surface area contributed by atoms with E-state index < -0.39 is 0 Å². The van der Waals surface area contributed by atoms with Crippen molar-refractivity contribution in [1.29, 1.82) is 0 Å². The molecule has 3 atom stereocenters. The molecule has 1 fully saturated rings. The monoisotopic (exact) mass is 221 g/mol. The summed E-state index contributed by atoms with van der Waals surface area (Å²) in [6.45, 7) is 1.80. The largest absolute Gasteiger partial charge is 0.393 e. The molecule has 2 rings (SSSR count). The molecule has 0 bridgehead atoms. The fourth-order valence-electron chi connectivity index (χ4n) is 2.29. The van der Waals surface area contributed by atoms with Crippen LogP contribution in [0.5, 0.6) is 0 Å². The minimum absolute atomic E-state index is 0.134. The molecule has 0 radical (unpaired) electrons. The van der Waals surface area contributed by atoms with Crippen molar-refractivity contribution in [3.05, 3.63) is 35.9 Å². The van der Waals surface area contributed by atoms with Gasteiger partial charge in [-0.2, -0.15) is 5.06 Å². The highest BCUT2D eigenvalue weighted by Gasteiger charge is 2.32. The van der Waals surface area contributed by atoms with Gasteiger partial charge in [0.25, 0.3) is 0 Å². The van der Waals surface area contributed by atoms with E-state index in [1.165, 1.54) is 5.56 Å². The van der Waals surface area contributed by atoms with E-state index in [1.807, 2.05) is 30.3 Å². The summed E-state index contributed by atoms with van der Waals surface area (Å²) in [6, 6.07) is 10.7. The van der Waals surface area contributed by atoms with Crippen molar-refractivity contribution < 1.29 is 9.94 Å². The molecule has 1 N–H and O–H groups in total. The third-order valence-corrected chi connectivity index (χ3v) is 3.03. The van der Waals surface area contributed by atoms with Gasteiger partial charge in [-0.15, -0.1) is 0 Å². The molecule has 1 aromatic rings. The molecule has 0 spiro atoms. The lowest BCUT2D eigenvalue weighted by Crippen LogP contribution is -2.18. The number of benzene rings is 1. The Morgan fingerprint density at radius 2 is 2.12 bits per heavy atom. The van der Waals surface area contributed by atoms with Gasteiger partial charge in [0, 0.05) is 13.5 Å². The van der Waals surface area contributed by atoms with Crippen molar-refractivity contribution in [2.45, 2.75) is 38.0 Å². The zero-order valence-electron chi connectivity index (χ0n) is 9.84. The van der Waals surface area contributed by atoms with Gasteiger partial charge in [0.15, 0.2) is 0 Å². The SMILES string of the molecule is CC(O)C[C@H]1C[C@H](c2ccccc2)N(C)O1. The predicted octanol–water partition coefficient (Wildman–Crippen LogP) is 2.13. The number of aliphatic hydroxyl groups is 1. The van der Waals surface area contributed by atoms with Crippen molar-refractivity contribution in [3.63, 3.8) is 0 Å². The lowest BCUT2D eigenvalue weighted by atomic mass is 9.99. The lowest BCUT2D eigenvalue weighted by Gasteiger charge is -2.17. The first-order valence-electron chi connectivity index (χ1n) is 5.79. The van der Waals surface area contributed by atoms with Crippen molar-refractivity contribution in [3.8, 4) is 0 Å². The second-order valence-corrected chi connectivity index (χ2v) is 4.52. The molecule has 16 heavy (non-hydrogen) atoms. The van der Waals surface area contributed by atoms with Crippen LogP contribution in [0.15, 0.2) is 30.3 Å². The van der Waals surface area contributed by atoms with E-state index >= 15 is 0 Å².